The average molecular weight is 295 g/mol. The second kappa shape index (κ2) is 6.71. The SMILES string of the molecule is CN1CCCN(C(=O)/C=C/c2cccc3cccnc23)CC1. The summed E-state index contributed by atoms with van der Waals surface area (Å²) in [5, 5.41) is 1.09. The third-order valence-corrected chi connectivity index (χ3v) is 4.10. The first-order chi connectivity index (χ1) is 10.7. The van der Waals surface area contributed by atoms with E-state index >= 15 is 0 Å². The van der Waals surface area contributed by atoms with Gasteiger partial charge in [0.05, 0.1) is 5.52 Å². The Hall–Kier alpha value is -2.20. The lowest BCUT2D eigenvalue weighted by Crippen LogP contribution is -2.33. The molecule has 1 aliphatic heterocycles. The van der Waals surface area contributed by atoms with Crippen LogP contribution in [0, 0.1) is 0 Å². The molecule has 0 spiro atoms. The van der Waals surface area contributed by atoms with Crippen molar-refractivity contribution < 1.29 is 4.79 Å². The molecule has 4 nitrogen and oxygen atoms in total. The monoisotopic (exact) mass is 295 g/mol. The van der Waals surface area contributed by atoms with Gasteiger partial charge in [0.2, 0.25) is 5.91 Å². The number of carbonyl (C=O) groups is 1. The predicted molar refractivity (Wildman–Crippen MR) is 89.5 cm³/mol. The summed E-state index contributed by atoms with van der Waals surface area (Å²) in [6, 6.07) is 9.98. The Balaban J connectivity index is 1.76. The quantitative estimate of drug-likeness (QED) is 0.798. The molecular formula is C18H21N3O. The van der Waals surface area contributed by atoms with Crippen molar-refractivity contribution in [1.82, 2.24) is 14.8 Å². The van der Waals surface area contributed by atoms with Crippen LogP contribution in [0.1, 0.15) is 12.0 Å². The van der Waals surface area contributed by atoms with Crippen LogP contribution >= 0.6 is 0 Å². The number of aromatic nitrogens is 1. The Morgan fingerprint density at radius 3 is 2.91 bits per heavy atom. The number of likely N-dealkylation sites (N-methyl/N-ethyl adjacent to an activating group) is 1. The van der Waals surface area contributed by atoms with Crippen molar-refractivity contribution in [2.45, 2.75) is 6.42 Å². The Bertz CT molecular complexity index is 690. The third kappa shape index (κ3) is 3.34. The Morgan fingerprint density at radius 1 is 1.14 bits per heavy atom. The lowest BCUT2D eigenvalue weighted by atomic mass is 10.1. The molecule has 1 amide bonds. The first-order valence-corrected chi connectivity index (χ1v) is 7.73. The van der Waals surface area contributed by atoms with Crippen molar-refractivity contribution in [3.63, 3.8) is 0 Å². The van der Waals surface area contributed by atoms with Crippen LogP contribution in [0.15, 0.2) is 42.6 Å². The van der Waals surface area contributed by atoms with Gasteiger partial charge in [-0.3, -0.25) is 9.78 Å². The Morgan fingerprint density at radius 2 is 2.00 bits per heavy atom. The molecule has 4 heteroatoms. The molecule has 0 aliphatic carbocycles. The molecule has 1 aliphatic rings. The van der Waals surface area contributed by atoms with Gasteiger partial charge in [0.1, 0.15) is 0 Å². The van der Waals surface area contributed by atoms with Crippen LogP contribution in [0.25, 0.3) is 17.0 Å². The Labute approximate surface area is 131 Å². The van der Waals surface area contributed by atoms with Gasteiger partial charge in [-0.05, 0) is 32.2 Å². The number of fused-ring (bicyclic) bond motifs is 1. The largest absolute Gasteiger partial charge is 0.338 e. The number of para-hydroxylation sites is 1. The van der Waals surface area contributed by atoms with Crippen molar-refractivity contribution in [2.75, 3.05) is 33.2 Å². The summed E-state index contributed by atoms with van der Waals surface area (Å²) < 4.78 is 0. The molecule has 0 N–H and O–H groups in total. The molecule has 1 fully saturated rings. The maximum atomic E-state index is 12.4. The molecule has 1 saturated heterocycles. The standard InChI is InChI=1S/C18H21N3O/c1-20-11-4-12-21(14-13-20)17(22)9-8-16-6-2-5-15-7-3-10-19-18(15)16/h2-3,5-10H,4,11-14H2,1H3/b9-8+. The molecule has 0 radical (unpaired) electrons. The zero-order chi connectivity index (χ0) is 15.4. The van der Waals surface area contributed by atoms with Gasteiger partial charge < -0.3 is 9.80 Å². The summed E-state index contributed by atoms with van der Waals surface area (Å²) in [5.74, 6) is 0.0863. The second-order valence-corrected chi connectivity index (χ2v) is 5.74. The molecule has 0 saturated carbocycles. The van der Waals surface area contributed by atoms with Gasteiger partial charge in [-0.1, -0.05) is 24.3 Å². The van der Waals surface area contributed by atoms with Crippen molar-refractivity contribution in [2.24, 2.45) is 0 Å². The predicted octanol–water partition coefficient (Wildman–Crippen LogP) is 2.41. The molecule has 0 bridgehead atoms. The summed E-state index contributed by atoms with van der Waals surface area (Å²) in [4.78, 5) is 21.0. The van der Waals surface area contributed by atoms with E-state index in [1.807, 2.05) is 41.3 Å². The van der Waals surface area contributed by atoms with Gasteiger partial charge in [0.25, 0.3) is 0 Å². The number of benzene rings is 1. The summed E-state index contributed by atoms with van der Waals surface area (Å²) in [7, 11) is 2.10. The van der Waals surface area contributed by atoms with Gasteiger partial charge in [-0.25, -0.2) is 0 Å². The van der Waals surface area contributed by atoms with Gasteiger partial charge in [0, 0.05) is 42.9 Å². The summed E-state index contributed by atoms with van der Waals surface area (Å²) >= 11 is 0. The van der Waals surface area contributed by atoms with Crippen LogP contribution < -0.4 is 0 Å². The first kappa shape index (κ1) is 14.7. The van der Waals surface area contributed by atoms with Crippen molar-refractivity contribution in [1.29, 1.82) is 0 Å². The van der Waals surface area contributed by atoms with Crippen LogP contribution in [-0.2, 0) is 4.79 Å². The van der Waals surface area contributed by atoms with Gasteiger partial charge in [0.15, 0.2) is 0 Å². The number of amides is 1. The average Bonchev–Trinajstić information content (AvgIpc) is 2.77. The fraction of sp³-hybridized carbons (Fsp3) is 0.333. The lowest BCUT2D eigenvalue weighted by molar-refractivity contribution is -0.125. The minimum atomic E-state index is 0.0863. The number of nitrogens with zero attached hydrogens (tertiary/aromatic N) is 3. The third-order valence-electron chi connectivity index (χ3n) is 4.10. The minimum absolute atomic E-state index is 0.0863. The Kier molecular flexibility index (Phi) is 4.49. The fourth-order valence-electron chi connectivity index (χ4n) is 2.80. The van der Waals surface area contributed by atoms with Crippen LogP contribution in [0.3, 0.4) is 0 Å². The molecule has 0 unspecified atom stereocenters. The summed E-state index contributed by atoms with van der Waals surface area (Å²) in [5.41, 5.74) is 1.92. The second-order valence-electron chi connectivity index (χ2n) is 5.74. The highest BCUT2D eigenvalue weighted by Crippen LogP contribution is 2.17. The molecule has 3 rings (SSSR count). The van der Waals surface area contributed by atoms with Crippen molar-refractivity contribution in [3.05, 3.63) is 48.2 Å². The van der Waals surface area contributed by atoms with E-state index in [0.29, 0.717) is 0 Å². The topological polar surface area (TPSA) is 36.4 Å². The van der Waals surface area contributed by atoms with E-state index < -0.39 is 0 Å². The van der Waals surface area contributed by atoms with Crippen LogP contribution in [0.2, 0.25) is 0 Å². The summed E-state index contributed by atoms with van der Waals surface area (Å²) in [6.07, 6.45) is 6.37. The maximum absolute atomic E-state index is 12.4. The van der Waals surface area contributed by atoms with Crippen LogP contribution in [0.5, 0.6) is 0 Å². The van der Waals surface area contributed by atoms with Gasteiger partial charge >= 0.3 is 0 Å². The molecule has 0 atom stereocenters. The lowest BCUT2D eigenvalue weighted by Gasteiger charge is -2.18. The maximum Gasteiger partial charge on any atom is 0.246 e. The zero-order valence-electron chi connectivity index (χ0n) is 12.9. The van der Waals surface area contributed by atoms with Crippen LogP contribution in [-0.4, -0.2) is 53.9 Å². The van der Waals surface area contributed by atoms with Crippen molar-refractivity contribution >= 4 is 22.9 Å². The first-order valence-electron chi connectivity index (χ1n) is 7.73. The normalized spacial score (nSPS) is 17.0. The molecule has 1 aromatic heterocycles. The highest BCUT2D eigenvalue weighted by molar-refractivity contribution is 5.95. The number of carbonyl (C=O) groups excluding carboxylic acids is 1. The van der Waals surface area contributed by atoms with E-state index in [2.05, 4.69) is 16.9 Å². The minimum Gasteiger partial charge on any atom is -0.338 e. The smallest absolute Gasteiger partial charge is 0.246 e. The number of rotatable bonds is 2. The molecule has 22 heavy (non-hydrogen) atoms. The van der Waals surface area contributed by atoms with E-state index in [4.69, 9.17) is 0 Å². The molecule has 1 aromatic carbocycles. The zero-order valence-corrected chi connectivity index (χ0v) is 12.9. The van der Waals surface area contributed by atoms with Crippen molar-refractivity contribution in [3.8, 4) is 0 Å². The van der Waals surface area contributed by atoms with E-state index in [1.54, 1.807) is 12.3 Å². The molecule has 114 valence electrons. The number of pyridine rings is 1. The van der Waals surface area contributed by atoms with E-state index in [1.165, 1.54) is 0 Å². The number of hydrogen-bond donors (Lipinski definition) is 0. The molecular weight excluding hydrogens is 274 g/mol. The molecule has 2 aromatic rings. The highest BCUT2D eigenvalue weighted by Gasteiger charge is 2.15. The van der Waals surface area contributed by atoms with E-state index in [0.717, 1.165) is 49.1 Å². The summed E-state index contributed by atoms with van der Waals surface area (Å²) in [6.45, 7) is 3.63. The molecule has 2 heterocycles. The fourth-order valence-corrected chi connectivity index (χ4v) is 2.80. The highest BCUT2D eigenvalue weighted by atomic mass is 16.2. The number of hydrogen-bond acceptors (Lipinski definition) is 3. The van der Waals surface area contributed by atoms with Gasteiger partial charge in [-0.2, -0.15) is 0 Å². The van der Waals surface area contributed by atoms with E-state index in [9.17, 15) is 4.79 Å². The van der Waals surface area contributed by atoms with Gasteiger partial charge in [-0.15, -0.1) is 0 Å². The van der Waals surface area contributed by atoms with Crippen LogP contribution in [0.4, 0.5) is 0 Å². The van der Waals surface area contributed by atoms with E-state index in [-0.39, 0.29) is 5.91 Å².